The molecule has 0 saturated carbocycles. The van der Waals surface area contributed by atoms with E-state index < -0.39 is 5.91 Å². The van der Waals surface area contributed by atoms with E-state index in [4.69, 9.17) is 10.5 Å². The zero-order valence-electron chi connectivity index (χ0n) is 17.4. The third-order valence-electron chi connectivity index (χ3n) is 5.74. The summed E-state index contributed by atoms with van der Waals surface area (Å²) in [6, 6.07) is 7.01. The molecule has 2 fully saturated rings. The first kappa shape index (κ1) is 21.1. The van der Waals surface area contributed by atoms with Crippen LogP contribution < -0.4 is 15.8 Å². The molecule has 0 aromatic heterocycles. The van der Waals surface area contributed by atoms with Gasteiger partial charge in [0.1, 0.15) is 18.4 Å². The van der Waals surface area contributed by atoms with Gasteiger partial charge in [0, 0.05) is 23.7 Å². The van der Waals surface area contributed by atoms with Gasteiger partial charge >= 0.3 is 0 Å². The lowest BCUT2D eigenvalue weighted by Crippen LogP contribution is -2.47. The van der Waals surface area contributed by atoms with Crippen molar-refractivity contribution in [3.05, 3.63) is 29.3 Å². The quantitative estimate of drug-likeness (QED) is 0.789. The SMILES string of the molecule is CC(C)(C)c1cc(C(N)=O)ccc1OC[C@H]1CC[C@@H](C(=O)N2CCC[C@H]2C#N)N1. The minimum atomic E-state index is -0.460. The fourth-order valence-electron chi connectivity index (χ4n) is 4.10. The number of hydrogen-bond donors (Lipinski definition) is 2. The van der Waals surface area contributed by atoms with Crippen LogP contribution in [-0.2, 0) is 10.2 Å². The van der Waals surface area contributed by atoms with Crippen molar-refractivity contribution < 1.29 is 14.3 Å². The smallest absolute Gasteiger partial charge is 0.248 e. The number of likely N-dealkylation sites (tertiary alicyclic amines) is 1. The molecule has 3 atom stereocenters. The summed E-state index contributed by atoms with van der Waals surface area (Å²) in [5.41, 5.74) is 6.60. The molecule has 3 rings (SSSR count). The Morgan fingerprint density at radius 3 is 2.72 bits per heavy atom. The van der Waals surface area contributed by atoms with E-state index >= 15 is 0 Å². The zero-order valence-corrected chi connectivity index (χ0v) is 17.4. The second-order valence-electron chi connectivity index (χ2n) is 8.95. The minimum Gasteiger partial charge on any atom is -0.492 e. The van der Waals surface area contributed by atoms with E-state index in [1.54, 1.807) is 23.1 Å². The molecular weight excluding hydrogens is 368 g/mol. The first-order valence-electron chi connectivity index (χ1n) is 10.2. The summed E-state index contributed by atoms with van der Waals surface area (Å²) in [6.45, 7) is 7.28. The Morgan fingerprint density at radius 1 is 1.31 bits per heavy atom. The average Bonchev–Trinajstić information content (AvgIpc) is 3.34. The van der Waals surface area contributed by atoms with Crippen LogP contribution in [0, 0.1) is 11.3 Å². The van der Waals surface area contributed by atoms with Gasteiger partial charge < -0.3 is 15.4 Å². The summed E-state index contributed by atoms with van der Waals surface area (Å²) >= 11 is 0. The Morgan fingerprint density at radius 2 is 2.07 bits per heavy atom. The van der Waals surface area contributed by atoms with E-state index in [2.05, 4.69) is 32.2 Å². The van der Waals surface area contributed by atoms with E-state index in [1.807, 2.05) is 0 Å². The van der Waals surface area contributed by atoms with Crippen molar-refractivity contribution in [3.63, 3.8) is 0 Å². The van der Waals surface area contributed by atoms with Crippen molar-refractivity contribution >= 4 is 11.8 Å². The molecule has 2 aliphatic heterocycles. The lowest BCUT2D eigenvalue weighted by molar-refractivity contribution is -0.133. The molecule has 0 radical (unpaired) electrons. The topological polar surface area (TPSA) is 108 Å². The van der Waals surface area contributed by atoms with Crippen molar-refractivity contribution in [3.8, 4) is 11.8 Å². The zero-order chi connectivity index (χ0) is 21.2. The Balaban J connectivity index is 1.62. The van der Waals surface area contributed by atoms with E-state index in [-0.39, 0.29) is 29.4 Å². The lowest BCUT2D eigenvalue weighted by Gasteiger charge is -2.25. The highest BCUT2D eigenvalue weighted by Gasteiger charge is 2.37. The van der Waals surface area contributed by atoms with Crippen molar-refractivity contribution in [2.75, 3.05) is 13.2 Å². The number of hydrogen-bond acceptors (Lipinski definition) is 5. The number of amides is 2. The van der Waals surface area contributed by atoms with Crippen LogP contribution in [0.4, 0.5) is 0 Å². The molecular formula is C22H30N4O3. The molecule has 3 N–H and O–H groups in total. The van der Waals surface area contributed by atoms with Crippen LogP contribution in [0.1, 0.15) is 62.4 Å². The molecule has 7 nitrogen and oxygen atoms in total. The first-order chi connectivity index (χ1) is 13.7. The van der Waals surface area contributed by atoms with Crippen molar-refractivity contribution in [2.45, 2.75) is 70.0 Å². The van der Waals surface area contributed by atoms with Crippen LogP contribution >= 0.6 is 0 Å². The van der Waals surface area contributed by atoms with Crippen molar-refractivity contribution in [1.82, 2.24) is 10.2 Å². The molecule has 0 aliphatic carbocycles. The van der Waals surface area contributed by atoms with Gasteiger partial charge in [0.2, 0.25) is 11.8 Å². The number of nitrogens with zero attached hydrogens (tertiary/aromatic N) is 2. The van der Waals surface area contributed by atoms with Crippen LogP contribution in [0.25, 0.3) is 0 Å². The van der Waals surface area contributed by atoms with Gasteiger partial charge in [0.15, 0.2) is 0 Å². The Hall–Kier alpha value is -2.59. The maximum atomic E-state index is 12.8. The second-order valence-corrected chi connectivity index (χ2v) is 8.95. The molecule has 0 spiro atoms. The van der Waals surface area contributed by atoms with Crippen LogP contribution in [0.2, 0.25) is 0 Å². The van der Waals surface area contributed by atoms with Gasteiger partial charge in [-0.3, -0.25) is 14.9 Å². The summed E-state index contributed by atoms with van der Waals surface area (Å²) in [5.74, 6) is 0.291. The molecule has 1 aromatic rings. The van der Waals surface area contributed by atoms with Gasteiger partial charge in [-0.2, -0.15) is 5.26 Å². The van der Waals surface area contributed by atoms with E-state index in [0.29, 0.717) is 18.7 Å². The molecule has 2 heterocycles. The molecule has 2 aliphatic rings. The Kier molecular flexibility index (Phi) is 6.13. The minimum absolute atomic E-state index is 0.0257. The lowest BCUT2D eigenvalue weighted by atomic mass is 9.85. The van der Waals surface area contributed by atoms with Gasteiger partial charge in [-0.25, -0.2) is 0 Å². The normalized spacial score (nSPS) is 24.3. The fourth-order valence-corrected chi connectivity index (χ4v) is 4.10. The highest BCUT2D eigenvalue weighted by atomic mass is 16.5. The predicted octanol–water partition coefficient (Wildman–Crippen LogP) is 2.10. The maximum absolute atomic E-state index is 12.8. The number of ether oxygens (including phenoxy) is 1. The molecule has 156 valence electrons. The van der Waals surface area contributed by atoms with E-state index in [1.165, 1.54) is 0 Å². The fraction of sp³-hybridized carbons (Fsp3) is 0.591. The van der Waals surface area contributed by atoms with Crippen molar-refractivity contribution in [2.24, 2.45) is 5.73 Å². The molecule has 29 heavy (non-hydrogen) atoms. The number of carbonyl (C=O) groups excluding carboxylic acids is 2. The highest BCUT2D eigenvalue weighted by molar-refractivity contribution is 5.93. The van der Waals surface area contributed by atoms with Crippen LogP contribution in [-0.4, -0.2) is 48.0 Å². The van der Waals surface area contributed by atoms with Gasteiger partial charge in [-0.05, 0) is 49.3 Å². The monoisotopic (exact) mass is 398 g/mol. The summed E-state index contributed by atoms with van der Waals surface area (Å²) in [4.78, 5) is 26.0. The first-order valence-corrected chi connectivity index (χ1v) is 10.2. The number of nitriles is 1. The molecule has 7 heteroatoms. The summed E-state index contributed by atoms with van der Waals surface area (Å²) < 4.78 is 6.09. The van der Waals surface area contributed by atoms with Gasteiger partial charge in [-0.15, -0.1) is 0 Å². The number of benzene rings is 1. The van der Waals surface area contributed by atoms with Gasteiger partial charge in [0.25, 0.3) is 0 Å². The molecule has 0 bridgehead atoms. The maximum Gasteiger partial charge on any atom is 0.248 e. The average molecular weight is 399 g/mol. The number of nitrogens with two attached hydrogens (primary N) is 1. The standard InChI is InChI=1S/C22H30N4O3/c1-22(2,3)17-11-14(20(24)27)6-9-19(17)29-13-15-7-8-18(25-15)21(28)26-10-4-5-16(26)12-23/h6,9,11,15-16,18,25H,4-5,7-8,10,13H2,1-3H3,(H2,24,27)/t15-,16+,18+/m1/s1. The van der Waals surface area contributed by atoms with Crippen LogP contribution in [0.3, 0.4) is 0 Å². The second kappa shape index (κ2) is 8.42. The molecule has 2 amide bonds. The number of primary amides is 1. The largest absolute Gasteiger partial charge is 0.492 e. The van der Waals surface area contributed by atoms with Crippen LogP contribution in [0.5, 0.6) is 5.75 Å². The third kappa shape index (κ3) is 4.70. The van der Waals surface area contributed by atoms with Crippen LogP contribution in [0.15, 0.2) is 18.2 Å². The van der Waals surface area contributed by atoms with E-state index in [0.717, 1.165) is 37.0 Å². The Labute approximate surface area is 172 Å². The van der Waals surface area contributed by atoms with Gasteiger partial charge in [0.05, 0.1) is 12.1 Å². The predicted molar refractivity (Wildman–Crippen MR) is 109 cm³/mol. The molecule has 2 saturated heterocycles. The third-order valence-corrected chi connectivity index (χ3v) is 5.74. The van der Waals surface area contributed by atoms with E-state index in [9.17, 15) is 14.9 Å². The summed E-state index contributed by atoms with van der Waals surface area (Å²) in [6.07, 6.45) is 3.23. The number of carbonyl (C=O) groups is 2. The Bertz CT molecular complexity index is 824. The summed E-state index contributed by atoms with van der Waals surface area (Å²) in [5, 5.41) is 12.6. The van der Waals surface area contributed by atoms with Gasteiger partial charge in [-0.1, -0.05) is 20.8 Å². The molecule has 1 aromatic carbocycles. The number of rotatable bonds is 5. The highest BCUT2D eigenvalue weighted by Crippen LogP contribution is 2.32. The molecule has 0 unspecified atom stereocenters. The summed E-state index contributed by atoms with van der Waals surface area (Å²) in [7, 11) is 0. The number of nitrogens with one attached hydrogen (secondary N) is 1. The van der Waals surface area contributed by atoms with Crippen molar-refractivity contribution in [1.29, 1.82) is 5.26 Å².